The van der Waals surface area contributed by atoms with E-state index in [0.717, 1.165) is 6.42 Å². The minimum Gasteiger partial charge on any atom is -0.322 e. The van der Waals surface area contributed by atoms with Gasteiger partial charge in [-0.2, -0.15) is 0 Å². The van der Waals surface area contributed by atoms with E-state index in [1.54, 1.807) is 0 Å². The molecule has 2 aromatic rings. The number of benzene rings is 2. The molecule has 23 heavy (non-hydrogen) atoms. The molecule has 1 nitrogen and oxygen atoms in total. The Bertz CT molecular complexity index is 599. The molecule has 0 aliphatic heterocycles. The number of aryl methyl sites for hydroxylation is 1. The van der Waals surface area contributed by atoms with E-state index in [1.807, 2.05) is 0 Å². The highest BCUT2D eigenvalue weighted by Gasteiger charge is 2.19. The lowest BCUT2D eigenvalue weighted by molar-refractivity contribution is 0.556. The quantitative estimate of drug-likeness (QED) is 0.640. The largest absolute Gasteiger partial charge is 0.322 e. The lowest BCUT2D eigenvalue weighted by atomic mass is 9.85. The highest BCUT2D eigenvalue weighted by molar-refractivity contribution is 5.71. The maximum absolute atomic E-state index is 6.38. The van der Waals surface area contributed by atoms with Gasteiger partial charge in [-0.25, -0.2) is 0 Å². The van der Waals surface area contributed by atoms with Crippen LogP contribution in [0.5, 0.6) is 0 Å². The van der Waals surface area contributed by atoms with Crippen LogP contribution in [0.1, 0.15) is 57.6 Å². The first kappa shape index (κ1) is 19.4. The molecule has 0 saturated carbocycles. The lowest BCUT2D eigenvalue weighted by Gasteiger charge is -2.24. The van der Waals surface area contributed by atoms with E-state index in [0.29, 0.717) is 0 Å². The van der Waals surface area contributed by atoms with E-state index in [4.69, 9.17) is 5.73 Å². The summed E-state index contributed by atoms with van der Waals surface area (Å²) < 4.78 is 0. The maximum Gasteiger partial charge on any atom is 0.0358 e. The van der Waals surface area contributed by atoms with Gasteiger partial charge in [-0.05, 0) is 48.9 Å². The van der Waals surface area contributed by atoms with Crippen molar-refractivity contribution in [1.29, 1.82) is 0 Å². The second-order valence-electron chi connectivity index (χ2n) is 6.74. The Morgan fingerprint density at radius 1 is 0.826 bits per heavy atom. The molecule has 2 heteroatoms. The molecule has 2 rings (SSSR count). The van der Waals surface area contributed by atoms with Crippen LogP contribution >= 0.6 is 0 Å². The summed E-state index contributed by atoms with van der Waals surface area (Å²) in [5.41, 5.74) is 11.3. The van der Waals surface area contributed by atoms with Gasteiger partial charge >= 0.3 is 0 Å². The van der Waals surface area contributed by atoms with Gasteiger partial charge in [-0.3, -0.25) is 4.70 Å². The number of unbranched alkanes of at least 4 members (excludes halogenated alkanes) is 3. The first-order chi connectivity index (χ1) is 10.5. The summed E-state index contributed by atoms with van der Waals surface area (Å²) in [4.78, 5) is 0. The predicted molar refractivity (Wildman–Crippen MR) is 99.4 cm³/mol. The van der Waals surface area contributed by atoms with Crippen LogP contribution < -0.4 is 5.73 Å². The smallest absolute Gasteiger partial charge is 0.0358 e. The van der Waals surface area contributed by atoms with Crippen LogP contribution in [0.25, 0.3) is 11.1 Å². The van der Waals surface area contributed by atoms with Crippen LogP contribution in [0.15, 0.2) is 48.5 Å². The summed E-state index contributed by atoms with van der Waals surface area (Å²) in [5.74, 6) is 0. The summed E-state index contributed by atoms with van der Waals surface area (Å²) in [6, 6.07) is 17.3. The molecule has 0 heterocycles. The summed E-state index contributed by atoms with van der Waals surface area (Å²) in [6.07, 6.45) is 6.34. The van der Waals surface area contributed by atoms with Gasteiger partial charge in [0.2, 0.25) is 0 Å². The molecule has 0 aliphatic carbocycles. The zero-order chi connectivity index (χ0) is 16.0. The van der Waals surface area contributed by atoms with Crippen molar-refractivity contribution < 1.29 is 4.70 Å². The number of halogens is 1. The van der Waals surface area contributed by atoms with Crippen molar-refractivity contribution in [1.82, 2.24) is 0 Å². The van der Waals surface area contributed by atoms with Crippen molar-refractivity contribution in [2.45, 2.75) is 58.4 Å². The van der Waals surface area contributed by atoms with Crippen molar-refractivity contribution in [2.24, 2.45) is 5.73 Å². The van der Waals surface area contributed by atoms with Crippen molar-refractivity contribution in [3.05, 3.63) is 59.7 Å². The average Bonchev–Trinajstić information content (AvgIpc) is 2.51. The first-order valence-corrected chi connectivity index (χ1v) is 8.50. The molecule has 0 bridgehead atoms. The number of hydrogen-bond donors (Lipinski definition) is 1. The van der Waals surface area contributed by atoms with Crippen molar-refractivity contribution in [3.63, 3.8) is 0 Å². The monoisotopic (exact) mass is 315 g/mol. The Hall–Kier alpha value is -1.67. The van der Waals surface area contributed by atoms with E-state index < -0.39 is 0 Å². The van der Waals surface area contributed by atoms with E-state index in [-0.39, 0.29) is 10.2 Å². The molecule has 0 aromatic heterocycles. The molecule has 0 amide bonds. The zero-order valence-corrected chi connectivity index (χ0v) is 14.6. The topological polar surface area (TPSA) is 26.0 Å². The fraction of sp³-hybridized carbons (Fsp3) is 0.429. The van der Waals surface area contributed by atoms with Crippen LogP contribution in [0, 0.1) is 0 Å². The molecule has 0 atom stereocenters. The molecular weight excluding hydrogens is 285 g/mol. The number of rotatable bonds is 7. The Morgan fingerprint density at radius 2 is 1.43 bits per heavy atom. The molecule has 0 radical (unpaired) electrons. The van der Waals surface area contributed by atoms with Gasteiger partial charge in [0.05, 0.1) is 0 Å². The van der Waals surface area contributed by atoms with Gasteiger partial charge < -0.3 is 5.73 Å². The van der Waals surface area contributed by atoms with Crippen LogP contribution in [0.4, 0.5) is 4.70 Å². The van der Waals surface area contributed by atoms with Gasteiger partial charge in [-0.15, -0.1) is 0 Å². The maximum atomic E-state index is 6.38. The fourth-order valence-electron chi connectivity index (χ4n) is 3.02. The Kier molecular flexibility index (Phi) is 7.44. The Balaban J connectivity index is 0.00000264. The summed E-state index contributed by atoms with van der Waals surface area (Å²) in [7, 11) is 0. The van der Waals surface area contributed by atoms with Gasteiger partial charge in [0.15, 0.2) is 0 Å². The van der Waals surface area contributed by atoms with E-state index in [2.05, 4.69) is 69.3 Å². The van der Waals surface area contributed by atoms with Gasteiger partial charge in [0, 0.05) is 5.54 Å². The van der Waals surface area contributed by atoms with Crippen molar-refractivity contribution in [2.75, 3.05) is 0 Å². The van der Waals surface area contributed by atoms with E-state index in [1.165, 1.54) is 47.9 Å². The second kappa shape index (κ2) is 8.83. The Labute approximate surface area is 140 Å². The minimum absolute atomic E-state index is 0. The third-order valence-electron chi connectivity index (χ3n) is 4.23. The predicted octanol–water partition coefficient (Wildman–Crippen LogP) is 5.82. The fourth-order valence-corrected chi connectivity index (χ4v) is 3.02. The number of hydrogen-bond acceptors (Lipinski definition) is 1. The second-order valence-corrected chi connectivity index (χ2v) is 6.74. The zero-order valence-electron chi connectivity index (χ0n) is 14.6. The third-order valence-corrected chi connectivity index (χ3v) is 4.23. The van der Waals surface area contributed by atoms with Gasteiger partial charge in [0.25, 0.3) is 0 Å². The minimum atomic E-state index is -0.327. The normalized spacial score (nSPS) is 11.1. The van der Waals surface area contributed by atoms with Gasteiger partial charge in [0.1, 0.15) is 0 Å². The molecule has 2 N–H and O–H groups in total. The van der Waals surface area contributed by atoms with Crippen molar-refractivity contribution in [3.8, 4) is 11.1 Å². The highest BCUT2D eigenvalue weighted by Crippen LogP contribution is 2.32. The van der Waals surface area contributed by atoms with Crippen LogP contribution in [0.3, 0.4) is 0 Å². The molecule has 0 fully saturated rings. The summed E-state index contributed by atoms with van der Waals surface area (Å²) in [5, 5.41) is 0. The Morgan fingerprint density at radius 3 is 2.09 bits per heavy atom. The summed E-state index contributed by atoms with van der Waals surface area (Å²) >= 11 is 0. The van der Waals surface area contributed by atoms with Crippen LogP contribution in [0.2, 0.25) is 0 Å². The lowest BCUT2D eigenvalue weighted by Crippen LogP contribution is -2.29. The molecule has 126 valence electrons. The highest BCUT2D eigenvalue weighted by atomic mass is 19.0. The molecular formula is C21H30FN. The summed E-state index contributed by atoms with van der Waals surface area (Å²) in [6.45, 7) is 6.42. The third kappa shape index (κ3) is 5.18. The first-order valence-electron chi connectivity index (χ1n) is 8.50. The molecule has 0 spiro atoms. The SMILES string of the molecule is CCCCCCc1ccccc1-c1ccccc1C(C)(C)N.F. The molecule has 0 unspecified atom stereocenters. The molecule has 0 saturated heterocycles. The standard InChI is InChI=1S/C21H29N.FH/c1-4-5-6-7-12-17-13-8-9-14-18(17)19-15-10-11-16-20(19)21(2,3)22;/h8-11,13-16H,4-7,12,22H2,1-3H3;1H. The van der Waals surface area contributed by atoms with Crippen LogP contribution in [-0.4, -0.2) is 0 Å². The molecule has 0 aliphatic rings. The van der Waals surface area contributed by atoms with Crippen LogP contribution in [-0.2, 0) is 12.0 Å². The van der Waals surface area contributed by atoms with Crippen molar-refractivity contribution >= 4 is 0 Å². The van der Waals surface area contributed by atoms with Gasteiger partial charge in [-0.1, -0.05) is 74.7 Å². The molecule has 2 aromatic carbocycles. The van der Waals surface area contributed by atoms with E-state index in [9.17, 15) is 0 Å². The number of nitrogens with two attached hydrogens (primary N) is 1. The van der Waals surface area contributed by atoms with E-state index >= 15 is 0 Å². The average molecular weight is 315 g/mol.